The van der Waals surface area contributed by atoms with E-state index >= 15 is 0 Å². The number of unbranched alkanes of at least 4 members (excludes halogenated alkanes) is 15. The van der Waals surface area contributed by atoms with E-state index in [1.54, 1.807) is 0 Å². The summed E-state index contributed by atoms with van der Waals surface area (Å²) in [5, 5.41) is 0. The summed E-state index contributed by atoms with van der Waals surface area (Å²) < 4.78 is 12.8. The second-order valence-corrected chi connectivity index (χ2v) is 12.8. The first-order chi connectivity index (χ1) is 20.1. The van der Waals surface area contributed by atoms with Crippen molar-refractivity contribution in [2.24, 2.45) is 0 Å². The fraction of sp³-hybridized carbons (Fsp3) is 0.684. The fourth-order valence-electron chi connectivity index (χ4n) is 6.51. The van der Waals surface area contributed by atoms with Crippen molar-refractivity contribution in [1.82, 2.24) is 0 Å². The van der Waals surface area contributed by atoms with Gasteiger partial charge in [-0.25, -0.2) is 0 Å². The molecule has 1 aliphatic rings. The van der Waals surface area contributed by atoms with Gasteiger partial charge >= 0.3 is 0 Å². The Balaban J connectivity index is 1.72. The fourth-order valence-corrected chi connectivity index (χ4v) is 6.51. The molecule has 0 unspecified atom stereocenters. The van der Waals surface area contributed by atoms with Crippen LogP contribution in [0.15, 0.2) is 24.3 Å². The molecule has 228 valence electrons. The molecule has 0 fully saturated rings. The summed E-state index contributed by atoms with van der Waals surface area (Å²) in [6.07, 6.45) is 24.8. The van der Waals surface area contributed by atoms with Crippen molar-refractivity contribution in [2.45, 2.75) is 157 Å². The lowest BCUT2D eigenvalue weighted by Crippen LogP contribution is -2.38. The van der Waals surface area contributed by atoms with Crippen LogP contribution in [-0.4, -0.2) is 19.9 Å². The SMILES string of the molecule is CCCCCCCCOc1cc2c(cc1C)B(CCCCCCCC)c1cc(C)c(OCCCCCCCC)cc1-2. The number of ether oxygens (including phenoxy) is 2. The van der Waals surface area contributed by atoms with Gasteiger partial charge in [-0.3, -0.25) is 0 Å². The minimum Gasteiger partial charge on any atom is -0.493 e. The van der Waals surface area contributed by atoms with E-state index < -0.39 is 0 Å². The molecule has 0 bridgehead atoms. The van der Waals surface area contributed by atoms with Crippen LogP contribution in [0.25, 0.3) is 11.1 Å². The van der Waals surface area contributed by atoms with E-state index in [-0.39, 0.29) is 0 Å². The Hall–Kier alpha value is -1.90. The van der Waals surface area contributed by atoms with Gasteiger partial charge in [-0.15, -0.1) is 0 Å². The molecule has 0 saturated carbocycles. The van der Waals surface area contributed by atoms with Gasteiger partial charge in [-0.2, -0.15) is 0 Å². The molecule has 0 radical (unpaired) electrons. The Kier molecular flexibility index (Phi) is 15.8. The van der Waals surface area contributed by atoms with Crippen LogP contribution in [0, 0.1) is 13.8 Å². The molecule has 41 heavy (non-hydrogen) atoms. The molecule has 0 N–H and O–H groups in total. The predicted molar refractivity (Wildman–Crippen MR) is 182 cm³/mol. The van der Waals surface area contributed by atoms with Gasteiger partial charge in [0.05, 0.1) is 13.2 Å². The molecule has 1 aliphatic heterocycles. The summed E-state index contributed by atoms with van der Waals surface area (Å²) in [6, 6.07) is 9.60. The standard InChI is InChI=1S/C38H61BO2/c1-6-9-12-15-18-21-24-39-35-27-31(4)37(40-25-22-19-16-13-10-7-2)29-33(35)34-30-38(32(5)28-36(34)39)41-26-23-20-17-14-11-8-3/h27-30H,6-26H2,1-5H3. The maximum atomic E-state index is 6.40. The first-order valence-electron chi connectivity index (χ1n) is 17.7. The third kappa shape index (κ3) is 10.7. The largest absolute Gasteiger partial charge is 0.493 e. The molecule has 3 heteroatoms. The maximum absolute atomic E-state index is 6.40. The van der Waals surface area contributed by atoms with Crippen molar-refractivity contribution >= 4 is 17.6 Å². The summed E-state index contributed by atoms with van der Waals surface area (Å²) in [7, 11) is 0. The minimum absolute atomic E-state index is 0.490. The number of hydrogen-bond acceptors (Lipinski definition) is 2. The van der Waals surface area contributed by atoms with Gasteiger partial charge in [0.1, 0.15) is 11.5 Å². The first kappa shape index (κ1) is 33.6. The minimum atomic E-state index is 0.490. The van der Waals surface area contributed by atoms with Gasteiger partial charge in [-0.1, -0.05) is 153 Å². The van der Waals surface area contributed by atoms with Crippen LogP contribution in [0.3, 0.4) is 0 Å². The predicted octanol–water partition coefficient (Wildman–Crippen LogP) is 10.7. The van der Waals surface area contributed by atoms with Gasteiger partial charge in [-0.05, 0) is 61.1 Å². The van der Waals surface area contributed by atoms with Crippen molar-refractivity contribution in [3.8, 4) is 22.6 Å². The Morgan fingerprint density at radius 2 is 0.829 bits per heavy atom. The Morgan fingerprint density at radius 1 is 0.463 bits per heavy atom. The number of benzene rings is 2. The monoisotopic (exact) mass is 560 g/mol. The zero-order valence-corrected chi connectivity index (χ0v) is 27.6. The van der Waals surface area contributed by atoms with E-state index in [1.165, 1.54) is 142 Å². The molecule has 2 nitrogen and oxygen atoms in total. The van der Waals surface area contributed by atoms with Crippen molar-refractivity contribution < 1.29 is 9.47 Å². The van der Waals surface area contributed by atoms with Gasteiger partial charge in [0, 0.05) is 0 Å². The Labute approximate surface area is 254 Å². The van der Waals surface area contributed by atoms with E-state index in [1.807, 2.05) is 0 Å². The highest BCUT2D eigenvalue weighted by Gasteiger charge is 2.33. The molecule has 0 aliphatic carbocycles. The second kappa shape index (κ2) is 19.3. The van der Waals surface area contributed by atoms with Gasteiger partial charge in [0.25, 0.3) is 0 Å². The van der Waals surface area contributed by atoms with Crippen LogP contribution in [-0.2, 0) is 0 Å². The van der Waals surface area contributed by atoms with Gasteiger partial charge in [0.2, 0.25) is 6.71 Å². The van der Waals surface area contributed by atoms with Crippen LogP contribution in [0.5, 0.6) is 11.5 Å². The molecule has 1 heterocycles. The summed E-state index contributed by atoms with van der Waals surface area (Å²) in [6.45, 7) is 13.5. The zero-order valence-electron chi connectivity index (χ0n) is 27.6. The topological polar surface area (TPSA) is 18.5 Å². The third-order valence-corrected chi connectivity index (χ3v) is 9.09. The quantitative estimate of drug-likeness (QED) is 0.0994. The Bertz CT molecular complexity index is 940. The number of fused-ring (bicyclic) bond motifs is 3. The van der Waals surface area contributed by atoms with Gasteiger partial charge < -0.3 is 9.47 Å². The first-order valence-corrected chi connectivity index (χ1v) is 17.7. The van der Waals surface area contributed by atoms with Crippen LogP contribution in [0.4, 0.5) is 0 Å². The van der Waals surface area contributed by atoms with Crippen molar-refractivity contribution in [1.29, 1.82) is 0 Å². The smallest absolute Gasteiger partial charge is 0.210 e. The van der Waals surface area contributed by atoms with Crippen LogP contribution in [0.1, 0.15) is 147 Å². The van der Waals surface area contributed by atoms with E-state index in [0.717, 1.165) is 37.6 Å². The summed E-state index contributed by atoms with van der Waals surface area (Å²) >= 11 is 0. The van der Waals surface area contributed by atoms with Crippen LogP contribution < -0.4 is 20.4 Å². The van der Waals surface area contributed by atoms with Crippen LogP contribution >= 0.6 is 0 Å². The third-order valence-electron chi connectivity index (χ3n) is 9.09. The molecular formula is C38H61BO2. The summed E-state index contributed by atoms with van der Waals surface area (Å²) in [4.78, 5) is 0. The van der Waals surface area contributed by atoms with E-state index in [4.69, 9.17) is 9.47 Å². The van der Waals surface area contributed by atoms with Crippen molar-refractivity contribution in [3.05, 3.63) is 35.4 Å². The zero-order chi connectivity index (χ0) is 29.3. The number of aryl methyl sites for hydroxylation is 2. The molecule has 0 aromatic heterocycles. The molecule has 2 aromatic rings. The number of rotatable bonds is 23. The highest BCUT2D eigenvalue weighted by molar-refractivity contribution is 6.89. The number of hydrogen-bond donors (Lipinski definition) is 0. The second-order valence-electron chi connectivity index (χ2n) is 12.8. The average molecular weight is 561 g/mol. The molecule has 0 saturated heterocycles. The van der Waals surface area contributed by atoms with Crippen molar-refractivity contribution in [3.63, 3.8) is 0 Å². The van der Waals surface area contributed by atoms with Crippen LogP contribution in [0.2, 0.25) is 6.32 Å². The molecular weight excluding hydrogens is 499 g/mol. The highest BCUT2D eigenvalue weighted by atomic mass is 16.5. The summed E-state index contributed by atoms with van der Waals surface area (Å²) in [5.41, 5.74) is 8.34. The molecule has 2 aromatic carbocycles. The highest BCUT2D eigenvalue weighted by Crippen LogP contribution is 2.34. The lowest BCUT2D eigenvalue weighted by atomic mass is 9.40. The molecule has 0 spiro atoms. The lowest BCUT2D eigenvalue weighted by molar-refractivity contribution is 0.302. The van der Waals surface area contributed by atoms with E-state index in [0.29, 0.717) is 6.71 Å². The lowest BCUT2D eigenvalue weighted by Gasteiger charge is -2.14. The normalized spacial score (nSPS) is 12.1. The maximum Gasteiger partial charge on any atom is 0.210 e. The molecule has 0 amide bonds. The molecule has 0 atom stereocenters. The van der Waals surface area contributed by atoms with Crippen molar-refractivity contribution in [2.75, 3.05) is 13.2 Å². The Morgan fingerprint density at radius 3 is 1.24 bits per heavy atom. The van der Waals surface area contributed by atoms with E-state index in [9.17, 15) is 0 Å². The average Bonchev–Trinajstić information content (AvgIpc) is 3.24. The molecule has 3 rings (SSSR count). The van der Waals surface area contributed by atoms with E-state index in [2.05, 4.69) is 58.9 Å². The van der Waals surface area contributed by atoms with Gasteiger partial charge in [0.15, 0.2) is 0 Å². The summed E-state index contributed by atoms with van der Waals surface area (Å²) in [5.74, 6) is 2.14.